The molecule has 2 aliphatic rings. The molecule has 0 unspecified atom stereocenters. The summed E-state index contributed by atoms with van der Waals surface area (Å²) in [5, 5.41) is 8.72. The third kappa shape index (κ3) is 1.44. The number of nitriles is 1. The van der Waals surface area contributed by atoms with Crippen molar-refractivity contribution in [2.45, 2.75) is 37.9 Å². The van der Waals surface area contributed by atoms with Crippen molar-refractivity contribution in [2.75, 3.05) is 6.61 Å². The van der Waals surface area contributed by atoms with Crippen LogP contribution in [-0.2, 0) is 14.2 Å². The molecule has 0 saturated carbocycles. The minimum Gasteiger partial charge on any atom is -0.367 e. The van der Waals surface area contributed by atoms with Crippen molar-refractivity contribution in [1.29, 1.82) is 5.26 Å². The zero-order chi connectivity index (χ0) is 10.3. The number of nitrogens with zero attached hydrogens (tertiary/aromatic N) is 1. The molecule has 2 heterocycles. The lowest BCUT2D eigenvalue weighted by atomic mass is 10.1. The molecule has 2 saturated heterocycles. The van der Waals surface area contributed by atoms with Crippen LogP contribution < -0.4 is 0 Å². The summed E-state index contributed by atoms with van der Waals surface area (Å²) in [7, 11) is 0. The molecule has 4 nitrogen and oxygen atoms in total. The lowest BCUT2D eigenvalue weighted by Crippen LogP contribution is -2.30. The highest BCUT2D eigenvalue weighted by Crippen LogP contribution is 2.36. The van der Waals surface area contributed by atoms with Gasteiger partial charge in [-0.25, -0.2) is 0 Å². The van der Waals surface area contributed by atoms with Crippen molar-refractivity contribution in [3.63, 3.8) is 0 Å². The van der Waals surface area contributed by atoms with Gasteiger partial charge in [0.1, 0.15) is 18.3 Å². The van der Waals surface area contributed by atoms with E-state index in [9.17, 15) is 0 Å². The summed E-state index contributed by atoms with van der Waals surface area (Å²) >= 11 is 0. The van der Waals surface area contributed by atoms with Gasteiger partial charge in [-0.2, -0.15) is 5.26 Å². The van der Waals surface area contributed by atoms with Gasteiger partial charge in [-0.1, -0.05) is 6.58 Å². The predicted molar refractivity (Wildman–Crippen MR) is 48.3 cm³/mol. The maximum atomic E-state index is 8.72. The van der Waals surface area contributed by atoms with Crippen LogP contribution in [0.5, 0.6) is 0 Å². The molecule has 0 bridgehead atoms. The second-order valence-corrected chi connectivity index (χ2v) is 4.03. The summed E-state index contributed by atoms with van der Waals surface area (Å²) < 4.78 is 16.6. The van der Waals surface area contributed by atoms with Crippen LogP contribution in [0.2, 0.25) is 0 Å². The van der Waals surface area contributed by atoms with E-state index in [-0.39, 0.29) is 18.3 Å². The molecule has 0 aromatic rings. The maximum Gasteiger partial charge on any atom is 0.164 e. The van der Waals surface area contributed by atoms with Crippen molar-refractivity contribution in [3.05, 3.63) is 12.2 Å². The SMILES string of the molecule is C=C(C#N)[C@@H]1OC[C@@H]2OC(C)(C)O[C@H]21. The van der Waals surface area contributed by atoms with Gasteiger partial charge in [0.25, 0.3) is 0 Å². The highest BCUT2D eigenvalue weighted by Gasteiger charge is 2.50. The summed E-state index contributed by atoms with van der Waals surface area (Å²) in [5.74, 6) is -0.576. The van der Waals surface area contributed by atoms with Gasteiger partial charge in [0.2, 0.25) is 0 Å². The van der Waals surface area contributed by atoms with Crippen LogP contribution in [0.4, 0.5) is 0 Å². The van der Waals surface area contributed by atoms with E-state index in [1.54, 1.807) is 0 Å². The fraction of sp³-hybridized carbons (Fsp3) is 0.700. The number of ether oxygens (including phenoxy) is 3. The first-order valence-electron chi connectivity index (χ1n) is 4.59. The van der Waals surface area contributed by atoms with Gasteiger partial charge in [-0.15, -0.1) is 0 Å². The molecule has 0 amide bonds. The van der Waals surface area contributed by atoms with Gasteiger partial charge in [-0.05, 0) is 13.8 Å². The lowest BCUT2D eigenvalue weighted by Gasteiger charge is -2.20. The number of hydrogen-bond acceptors (Lipinski definition) is 4. The molecule has 0 spiro atoms. The summed E-state index contributed by atoms with van der Waals surface area (Å²) in [6, 6.07) is 1.99. The van der Waals surface area contributed by atoms with E-state index in [1.165, 1.54) is 0 Å². The van der Waals surface area contributed by atoms with Crippen LogP contribution in [-0.4, -0.2) is 30.7 Å². The van der Waals surface area contributed by atoms with Gasteiger partial charge < -0.3 is 14.2 Å². The van der Waals surface area contributed by atoms with Crippen LogP contribution in [0.15, 0.2) is 12.2 Å². The topological polar surface area (TPSA) is 51.5 Å². The Kier molecular flexibility index (Phi) is 2.11. The van der Waals surface area contributed by atoms with Gasteiger partial charge in [0.05, 0.1) is 18.2 Å². The Bertz CT molecular complexity index is 305. The summed E-state index contributed by atoms with van der Waals surface area (Å²) in [4.78, 5) is 0. The molecule has 2 rings (SSSR count). The van der Waals surface area contributed by atoms with Crippen molar-refractivity contribution < 1.29 is 14.2 Å². The van der Waals surface area contributed by atoms with Gasteiger partial charge in [0.15, 0.2) is 5.79 Å². The molecule has 76 valence electrons. The quantitative estimate of drug-likeness (QED) is 0.585. The van der Waals surface area contributed by atoms with Crippen LogP contribution in [0.3, 0.4) is 0 Å². The van der Waals surface area contributed by atoms with Crippen molar-refractivity contribution in [2.24, 2.45) is 0 Å². The molecule has 0 aliphatic carbocycles. The Morgan fingerprint density at radius 1 is 1.50 bits per heavy atom. The minimum atomic E-state index is -0.576. The lowest BCUT2D eigenvalue weighted by molar-refractivity contribution is -0.171. The zero-order valence-corrected chi connectivity index (χ0v) is 8.32. The van der Waals surface area contributed by atoms with E-state index in [1.807, 2.05) is 19.9 Å². The summed E-state index contributed by atoms with van der Waals surface area (Å²) in [5.41, 5.74) is 0.402. The standard InChI is InChI=1S/C10H13NO3/c1-6(4-11)8-9-7(5-12-8)13-10(2,3)14-9/h7-9H,1,5H2,2-3H3/t7-,8-,9+/m0/s1. The highest BCUT2D eigenvalue weighted by molar-refractivity contribution is 5.25. The fourth-order valence-corrected chi connectivity index (χ4v) is 1.90. The Balaban J connectivity index is 2.13. The Morgan fingerprint density at radius 3 is 2.86 bits per heavy atom. The first-order valence-corrected chi connectivity index (χ1v) is 4.59. The van der Waals surface area contributed by atoms with E-state index in [4.69, 9.17) is 19.5 Å². The minimum absolute atomic E-state index is 0.0694. The molecule has 2 aliphatic heterocycles. The molecule has 0 N–H and O–H groups in total. The predicted octanol–water partition coefficient (Wildman–Crippen LogP) is 0.985. The van der Waals surface area contributed by atoms with Gasteiger partial charge in [0, 0.05) is 0 Å². The fourth-order valence-electron chi connectivity index (χ4n) is 1.90. The average Bonchev–Trinajstić information content (AvgIpc) is 2.58. The highest BCUT2D eigenvalue weighted by atomic mass is 16.8. The van der Waals surface area contributed by atoms with Crippen LogP contribution in [0, 0.1) is 11.3 Å². The van der Waals surface area contributed by atoms with Gasteiger partial charge in [-0.3, -0.25) is 0 Å². The van der Waals surface area contributed by atoms with Crippen molar-refractivity contribution in [3.8, 4) is 6.07 Å². The second-order valence-electron chi connectivity index (χ2n) is 4.03. The number of rotatable bonds is 1. The molecule has 0 aromatic carbocycles. The summed E-state index contributed by atoms with van der Waals surface area (Å²) in [6.07, 6.45) is -0.593. The summed E-state index contributed by atoms with van der Waals surface area (Å²) in [6.45, 7) is 7.83. The Hall–Kier alpha value is -0.890. The van der Waals surface area contributed by atoms with E-state index in [2.05, 4.69) is 6.58 Å². The molecule has 0 radical (unpaired) electrons. The van der Waals surface area contributed by atoms with Gasteiger partial charge >= 0.3 is 0 Å². The molecule has 0 aromatic heterocycles. The van der Waals surface area contributed by atoms with E-state index < -0.39 is 5.79 Å². The molecule has 4 heteroatoms. The third-order valence-electron chi connectivity index (χ3n) is 2.45. The smallest absolute Gasteiger partial charge is 0.164 e. The monoisotopic (exact) mass is 195 g/mol. The van der Waals surface area contributed by atoms with Crippen molar-refractivity contribution in [1.82, 2.24) is 0 Å². The first-order chi connectivity index (χ1) is 6.53. The third-order valence-corrected chi connectivity index (χ3v) is 2.45. The second kappa shape index (κ2) is 3.06. The Labute approximate surface area is 83.1 Å². The van der Waals surface area contributed by atoms with Crippen LogP contribution in [0.25, 0.3) is 0 Å². The number of fused-ring (bicyclic) bond motifs is 1. The van der Waals surface area contributed by atoms with E-state index >= 15 is 0 Å². The number of hydrogen-bond donors (Lipinski definition) is 0. The first kappa shape index (κ1) is 9.66. The molecule has 2 fully saturated rings. The van der Waals surface area contributed by atoms with E-state index in [0.29, 0.717) is 12.2 Å². The molecule has 14 heavy (non-hydrogen) atoms. The molecular formula is C10H13NO3. The molecule has 3 atom stereocenters. The normalized spacial score (nSPS) is 39.1. The van der Waals surface area contributed by atoms with E-state index in [0.717, 1.165) is 0 Å². The molecular weight excluding hydrogens is 182 g/mol. The van der Waals surface area contributed by atoms with Crippen LogP contribution in [0.1, 0.15) is 13.8 Å². The zero-order valence-electron chi connectivity index (χ0n) is 8.32. The average molecular weight is 195 g/mol. The van der Waals surface area contributed by atoms with Crippen LogP contribution >= 0.6 is 0 Å². The maximum absolute atomic E-state index is 8.72. The Morgan fingerprint density at radius 2 is 2.21 bits per heavy atom. The largest absolute Gasteiger partial charge is 0.367 e. The van der Waals surface area contributed by atoms with Crippen molar-refractivity contribution >= 4 is 0 Å².